The largest absolute Gasteiger partial charge is 0.506 e. The highest BCUT2D eigenvalue weighted by Gasteiger charge is 2.43. The normalized spacial score (nSPS) is 14.7. The second-order valence-electron chi connectivity index (χ2n) is 9.64. The number of carboxylic acid groups (broad SMARTS) is 1. The number of para-hydroxylation sites is 1. The van der Waals surface area contributed by atoms with Crippen molar-refractivity contribution in [3.63, 3.8) is 0 Å². The zero-order valence-corrected chi connectivity index (χ0v) is 21.7. The average molecular weight is 554 g/mol. The number of fused-ring (bicyclic) bond motifs is 2. The molecule has 11 heteroatoms. The summed E-state index contributed by atoms with van der Waals surface area (Å²) in [6, 6.07) is 14.4. The molecule has 0 radical (unpaired) electrons. The van der Waals surface area contributed by atoms with Crippen molar-refractivity contribution in [1.29, 1.82) is 0 Å². The van der Waals surface area contributed by atoms with Gasteiger partial charge in [-0.2, -0.15) is 13.2 Å². The molecule has 1 atom stereocenters. The van der Waals surface area contributed by atoms with Crippen molar-refractivity contribution in [1.82, 2.24) is 9.55 Å². The molecule has 3 aromatic carbocycles. The van der Waals surface area contributed by atoms with Crippen molar-refractivity contribution in [3.05, 3.63) is 77.1 Å². The fraction of sp³-hybridized carbons (Fsp3) is 0.276. The van der Waals surface area contributed by atoms with Crippen LogP contribution in [-0.4, -0.2) is 44.4 Å². The number of carboxylic acids is 1. The molecular weight excluding hydrogens is 527 g/mol. The summed E-state index contributed by atoms with van der Waals surface area (Å²) in [5.41, 5.74) is 3.39. The minimum absolute atomic E-state index is 0.0193. The Morgan fingerprint density at radius 2 is 1.90 bits per heavy atom. The minimum Gasteiger partial charge on any atom is -0.506 e. The van der Waals surface area contributed by atoms with E-state index in [-0.39, 0.29) is 36.8 Å². The summed E-state index contributed by atoms with van der Waals surface area (Å²) in [6.45, 7) is 3.38. The summed E-state index contributed by atoms with van der Waals surface area (Å²) < 4.78 is 48.7. The quantitative estimate of drug-likeness (QED) is 0.307. The van der Waals surface area contributed by atoms with Crippen molar-refractivity contribution < 1.29 is 37.7 Å². The predicted octanol–water partition coefficient (Wildman–Crippen LogP) is 5.65. The third kappa shape index (κ3) is 4.83. The maximum absolute atomic E-state index is 13.8. The maximum Gasteiger partial charge on any atom is 0.471 e. The van der Waals surface area contributed by atoms with E-state index in [1.54, 1.807) is 31.2 Å². The molecular formula is C29H26F3N3O5. The van der Waals surface area contributed by atoms with Gasteiger partial charge in [0.15, 0.2) is 0 Å². The number of rotatable bonds is 7. The fourth-order valence-electron chi connectivity index (χ4n) is 5.14. The van der Waals surface area contributed by atoms with Gasteiger partial charge in [0.05, 0.1) is 30.8 Å². The molecule has 0 saturated carbocycles. The van der Waals surface area contributed by atoms with Gasteiger partial charge in [0, 0.05) is 29.7 Å². The number of aromatic hydroxyl groups is 1. The van der Waals surface area contributed by atoms with Crippen LogP contribution in [0.4, 0.5) is 18.9 Å². The first-order chi connectivity index (χ1) is 19.0. The number of aromatic nitrogens is 2. The Morgan fingerprint density at radius 3 is 2.60 bits per heavy atom. The van der Waals surface area contributed by atoms with Crippen molar-refractivity contribution in [3.8, 4) is 17.2 Å². The third-order valence-corrected chi connectivity index (χ3v) is 7.13. The summed E-state index contributed by atoms with van der Waals surface area (Å²) >= 11 is 0. The number of hydrogen-bond donors (Lipinski definition) is 2. The van der Waals surface area contributed by atoms with Crippen LogP contribution in [0.15, 0.2) is 54.6 Å². The molecule has 1 aliphatic rings. The molecule has 40 heavy (non-hydrogen) atoms. The number of halogens is 3. The van der Waals surface area contributed by atoms with Gasteiger partial charge in [-0.15, -0.1) is 0 Å². The maximum atomic E-state index is 13.8. The van der Waals surface area contributed by atoms with Crippen LogP contribution in [0.1, 0.15) is 41.8 Å². The molecule has 1 amide bonds. The van der Waals surface area contributed by atoms with E-state index >= 15 is 0 Å². The lowest BCUT2D eigenvalue weighted by atomic mass is 9.97. The van der Waals surface area contributed by atoms with Crippen LogP contribution < -0.4 is 9.64 Å². The zero-order chi connectivity index (χ0) is 28.8. The second-order valence-corrected chi connectivity index (χ2v) is 9.64. The third-order valence-electron chi connectivity index (χ3n) is 7.13. The van der Waals surface area contributed by atoms with Crippen LogP contribution in [0.5, 0.6) is 11.5 Å². The number of hydrogen-bond acceptors (Lipinski definition) is 5. The number of imidazole rings is 1. The van der Waals surface area contributed by atoms with E-state index in [0.29, 0.717) is 50.6 Å². The van der Waals surface area contributed by atoms with Gasteiger partial charge in [-0.05, 0) is 42.3 Å². The van der Waals surface area contributed by atoms with E-state index in [9.17, 15) is 27.9 Å². The Morgan fingerprint density at radius 1 is 1.15 bits per heavy atom. The van der Waals surface area contributed by atoms with Crippen LogP contribution in [0.3, 0.4) is 0 Å². The number of nitrogens with zero attached hydrogens (tertiary/aromatic N) is 3. The molecule has 0 fully saturated rings. The van der Waals surface area contributed by atoms with E-state index in [2.05, 4.69) is 4.98 Å². The number of carbonyl (C=O) groups excluding carboxylic acids is 1. The average Bonchev–Trinajstić information content (AvgIpc) is 3.48. The Kier molecular flexibility index (Phi) is 6.91. The number of amides is 1. The highest BCUT2D eigenvalue weighted by molar-refractivity contribution is 5.97. The summed E-state index contributed by atoms with van der Waals surface area (Å²) in [6.07, 6.45) is -4.77. The van der Waals surface area contributed by atoms with Crippen molar-refractivity contribution in [2.75, 3.05) is 11.5 Å². The molecule has 0 bridgehead atoms. The minimum atomic E-state index is -5.13. The SMILES string of the molecule is CCc1nc2c(O)cccc2n1-c1cccc(CN(C(=O)C(F)(F)F)c2ccc3c(c2)OC[C@H]3CC(=O)O)c1C. The number of phenols is 1. The van der Waals surface area contributed by atoms with Crippen molar-refractivity contribution >= 4 is 28.6 Å². The monoisotopic (exact) mass is 553 g/mol. The summed E-state index contributed by atoms with van der Waals surface area (Å²) in [7, 11) is 0. The summed E-state index contributed by atoms with van der Waals surface area (Å²) in [5, 5.41) is 19.5. The standard InChI is InChI=1S/C29H26F3N3O5/c1-3-25-33-27-22(8-5-9-23(27)36)35(25)21-7-4-6-17(16(21)2)14-34(28(39)29(30,31)32)19-10-11-20-18(12-26(37)38)15-40-24(20)13-19/h4-11,13,18,36H,3,12,14-15H2,1-2H3,(H,37,38)/t18-/m1/s1. The lowest BCUT2D eigenvalue weighted by molar-refractivity contribution is -0.170. The molecule has 8 nitrogen and oxygen atoms in total. The number of benzene rings is 3. The molecule has 0 saturated heterocycles. The molecule has 208 valence electrons. The van der Waals surface area contributed by atoms with Gasteiger partial charge >= 0.3 is 18.1 Å². The van der Waals surface area contributed by atoms with Gasteiger partial charge in [-0.3, -0.25) is 14.2 Å². The van der Waals surface area contributed by atoms with E-state index in [1.165, 1.54) is 24.3 Å². The molecule has 1 aromatic heterocycles. The molecule has 0 aliphatic carbocycles. The highest BCUT2D eigenvalue weighted by atomic mass is 19.4. The number of aryl methyl sites for hydroxylation is 1. The second kappa shape index (κ2) is 10.2. The lowest BCUT2D eigenvalue weighted by Gasteiger charge is -2.26. The smallest absolute Gasteiger partial charge is 0.471 e. The number of aliphatic carboxylic acids is 1. The molecule has 4 aromatic rings. The number of alkyl halides is 3. The first-order valence-corrected chi connectivity index (χ1v) is 12.6. The Balaban J connectivity index is 1.57. The van der Waals surface area contributed by atoms with Gasteiger partial charge < -0.3 is 19.8 Å². The lowest BCUT2D eigenvalue weighted by Crippen LogP contribution is -2.41. The van der Waals surface area contributed by atoms with Gasteiger partial charge in [0.25, 0.3) is 0 Å². The fourth-order valence-corrected chi connectivity index (χ4v) is 5.14. The van der Waals surface area contributed by atoms with Crippen LogP contribution in [0.25, 0.3) is 16.7 Å². The van der Waals surface area contributed by atoms with E-state index in [1.807, 2.05) is 17.6 Å². The number of carbonyl (C=O) groups is 2. The Hall–Kier alpha value is -4.54. The van der Waals surface area contributed by atoms with Crippen molar-refractivity contribution in [2.24, 2.45) is 0 Å². The Labute approximate surface area is 227 Å². The topological polar surface area (TPSA) is 105 Å². The van der Waals surface area contributed by atoms with Gasteiger partial charge in [-0.1, -0.05) is 31.2 Å². The molecule has 2 heterocycles. The molecule has 2 N–H and O–H groups in total. The molecule has 0 spiro atoms. The molecule has 1 aliphatic heterocycles. The van der Waals surface area contributed by atoms with E-state index in [0.717, 1.165) is 0 Å². The van der Waals surface area contributed by atoms with Gasteiger partial charge in [0.1, 0.15) is 22.8 Å². The van der Waals surface area contributed by atoms with Gasteiger partial charge in [-0.25, -0.2) is 4.98 Å². The van der Waals surface area contributed by atoms with Crippen LogP contribution >= 0.6 is 0 Å². The Bertz CT molecular complexity index is 1630. The first kappa shape index (κ1) is 27.0. The number of anilines is 1. The molecule has 5 rings (SSSR count). The highest BCUT2D eigenvalue weighted by Crippen LogP contribution is 2.40. The summed E-state index contributed by atoms with van der Waals surface area (Å²) in [5.74, 6) is -2.54. The summed E-state index contributed by atoms with van der Waals surface area (Å²) in [4.78, 5) is 29.0. The number of phenolic OH excluding ortho intramolecular Hbond substituents is 1. The van der Waals surface area contributed by atoms with Crippen molar-refractivity contribution in [2.45, 2.75) is 45.3 Å². The zero-order valence-electron chi connectivity index (χ0n) is 21.7. The molecule has 0 unspecified atom stereocenters. The number of ether oxygens (including phenoxy) is 1. The first-order valence-electron chi connectivity index (χ1n) is 12.6. The van der Waals surface area contributed by atoms with E-state index in [4.69, 9.17) is 9.84 Å². The van der Waals surface area contributed by atoms with E-state index < -0.39 is 24.0 Å². The van der Waals surface area contributed by atoms with Gasteiger partial charge in [0.2, 0.25) is 0 Å². The van der Waals surface area contributed by atoms with Crippen LogP contribution in [-0.2, 0) is 22.6 Å². The predicted molar refractivity (Wildman–Crippen MR) is 141 cm³/mol. The van der Waals surface area contributed by atoms with Crippen LogP contribution in [0, 0.1) is 6.92 Å². The van der Waals surface area contributed by atoms with Crippen LogP contribution in [0.2, 0.25) is 0 Å².